The van der Waals surface area contributed by atoms with Crippen LogP contribution in [-0.4, -0.2) is 28.8 Å². The van der Waals surface area contributed by atoms with Crippen LogP contribution in [0.2, 0.25) is 0 Å². The predicted molar refractivity (Wildman–Crippen MR) is 119 cm³/mol. The Labute approximate surface area is 175 Å². The lowest BCUT2D eigenvalue weighted by atomic mass is 10.0. The number of rotatable bonds is 9. The minimum atomic E-state index is -0.486. The highest BCUT2D eigenvalue weighted by molar-refractivity contribution is 5.88. The fourth-order valence-electron chi connectivity index (χ4n) is 3.40. The van der Waals surface area contributed by atoms with Gasteiger partial charge in [0, 0.05) is 12.6 Å². The van der Waals surface area contributed by atoms with E-state index in [0.717, 1.165) is 28.7 Å². The second kappa shape index (κ2) is 10.8. The topological polar surface area (TPSA) is 49.4 Å². The molecule has 0 aliphatic carbocycles. The van der Waals surface area contributed by atoms with Crippen molar-refractivity contribution < 1.29 is 9.59 Å². The van der Waals surface area contributed by atoms with Gasteiger partial charge in [-0.15, -0.1) is 0 Å². The van der Waals surface area contributed by atoms with Crippen LogP contribution in [0.3, 0.4) is 0 Å². The maximum absolute atomic E-state index is 13.4. The van der Waals surface area contributed by atoms with Crippen LogP contribution in [0.1, 0.15) is 55.9 Å². The van der Waals surface area contributed by atoms with Gasteiger partial charge in [-0.1, -0.05) is 62.4 Å². The molecule has 0 heterocycles. The van der Waals surface area contributed by atoms with E-state index in [9.17, 15) is 9.59 Å². The van der Waals surface area contributed by atoms with Crippen molar-refractivity contribution in [2.24, 2.45) is 0 Å². The number of aryl methyl sites for hydroxylation is 2. The minimum absolute atomic E-state index is 0.0197. The van der Waals surface area contributed by atoms with Crippen molar-refractivity contribution in [3.8, 4) is 0 Å². The zero-order chi connectivity index (χ0) is 21.4. The highest BCUT2D eigenvalue weighted by atomic mass is 16.2. The van der Waals surface area contributed by atoms with Gasteiger partial charge in [0.15, 0.2) is 0 Å². The van der Waals surface area contributed by atoms with Crippen molar-refractivity contribution in [1.29, 1.82) is 0 Å². The Bertz CT molecular complexity index is 831. The smallest absolute Gasteiger partial charge is 0.243 e. The SMILES string of the molecule is CC[C@@H](C)NC(=O)[C@@H](CC)N(Cc1ccccc1C)C(=O)Cc1ccccc1C. The first-order valence-corrected chi connectivity index (χ1v) is 10.6. The van der Waals surface area contributed by atoms with Crippen molar-refractivity contribution in [1.82, 2.24) is 10.2 Å². The van der Waals surface area contributed by atoms with Gasteiger partial charge < -0.3 is 10.2 Å². The Morgan fingerprint density at radius 1 is 0.897 bits per heavy atom. The monoisotopic (exact) mass is 394 g/mol. The maximum atomic E-state index is 13.4. The molecule has 0 bridgehead atoms. The van der Waals surface area contributed by atoms with Crippen LogP contribution in [0.15, 0.2) is 48.5 Å². The van der Waals surface area contributed by atoms with Crippen LogP contribution in [0.5, 0.6) is 0 Å². The first kappa shape index (κ1) is 22.7. The molecule has 156 valence electrons. The van der Waals surface area contributed by atoms with Gasteiger partial charge >= 0.3 is 0 Å². The molecular formula is C25H34N2O2. The summed E-state index contributed by atoms with van der Waals surface area (Å²) in [6.07, 6.45) is 1.73. The van der Waals surface area contributed by atoms with Crippen molar-refractivity contribution >= 4 is 11.8 Å². The molecule has 0 radical (unpaired) electrons. The fourth-order valence-corrected chi connectivity index (χ4v) is 3.40. The summed E-state index contributed by atoms with van der Waals surface area (Å²) in [7, 11) is 0. The summed E-state index contributed by atoms with van der Waals surface area (Å²) in [5, 5.41) is 3.06. The summed E-state index contributed by atoms with van der Waals surface area (Å²) in [6.45, 7) is 10.5. The third kappa shape index (κ3) is 6.18. The van der Waals surface area contributed by atoms with Gasteiger partial charge in [-0.2, -0.15) is 0 Å². The van der Waals surface area contributed by atoms with Gasteiger partial charge in [-0.05, 0) is 55.9 Å². The van der Waals surface area contributed by atoms with Crippen LogP contribution >= 0.6 is 0 Å². The maximum Gasteiger partial charge on any atom is 0.243 e. The number of hydrogen-bond acceptors (Lipinski definition) is 2. The molecule has 0 fully saturated rings. The van der Waals surface area contributed by atoms with Gasteiger partial charge in [0.1, 0.15) is 6.04 Å². The van der Waals surface area contributed by atoms with E-state index in [2.05, 4.69) is 5.32 Å². The largest absolute Gasteiger partial charge is 0.352 e. The number of hydrogen-bond donors (Lipinski definition) is 1. The van der Waals surface area contributed by atoms with Crippen LogP contribution in [0.25, 0.3) is 0 Å². The second-order valence-corrected chi connectivity index (χ2v) is 7.79. The molecule has 0 saturated carbocycles. The van der Waals surface area contributed by atoms with E-state index in [1.54, 1.807) is 4.90 Å². The molecule has 2 aromatic rings. The Balaban J connectivity index is 2.33. The Morgan fingerprint density at radius 3 is 1.97 bits per heavy atom. The zero-order valence-corrected chi connectivity index (χ0v) is 18.4. The van der Waals surface area contributed by atoms with Gasteiger partial charge in [0.25, 0.3) is 0 Å². The summed E-state index contributed by atoms with van der Waals surface area (Å²) in [5.41, 5.74) is 4.29. The molecule has 0 saturated heterocycles. The summed E-state index contributed by atoms with van der Waals surface area (Å²) < 4.78 is 0. The number of nitrogens with one attached hydrogen (secondary N) is 1. The van der Waals surface area contributed by atoms with Crippen molar-refractivity contribution in [2.45, 2.75) is 72.5 Å². The average molecular weight is 395 g/mol. The van der Waals surface area contributed by atoms with Gasteiger partial charge in [0.2, 0.25) is 11.8 Å². The lowest BCUT2D eigenvalue weighted by molar-refractivity contribution is -0.141. The van der Waals surface area contributed by atoms with E-state index in [-0.39, 0.29) is 17.9 Å². The molecule has 2 amide bonds. The highest BCUT2D eigenvalue weighted by Crippen LogP contribution is 2.18. The third-order valence-electron chi connectivity index (χ3n) is 5.59. The van der Waals surface area contributed by atoms with Crippen molar-refractivity contribution in [3.63, 3.8) is 0 Å². The van der Waals surface area contributed by atoms with E-state index in [0.29, 0.717) is 19.4 Å². The second-order valence-electron chi connectivity index (χ2n) is 7.79. The molecule has 1 N–H and O–H groups in total. The number of carbonyl (C=O) groups is 2. The molecule has 0 aliphatic rings. The normalized spacial score (nSPS) is 12.9. The van der Waals surface area contributed by atoms with E-state index in [4.69, 9.17) is 0 Å². The standard InChI is InChI=1S/C25H34N2O2/c1-6-20(5)26-25(29)23(7-2)27(17-22-15-11-9-13-19(22)4)24(28)16-21-14-10-8-12-18(21)3/h8-15,20,23H,6-7,16-17H2,1-5H3,(H,26,29)/t20-,23-/m1/s1. The molecule has 0 aromatic heterocycles. The first-order chi connectivity index (χ1) is 13.9. The third-order valence-corrected chi connectivity index (χ3v) is 5.59. The number of carbonyl (C=O) groups excluding carboxylic acids is 2. The van der Waals surface area contributed by atoms with Crippen LogP contribution in [-0.2, 0) is 22.6 Å². The van der Waals surface area contributed by atoms with Crippen LogP contribution in [0, 0.1) is 13.8 Å². The Morgan fingerprint density at radius 2 is 1.45 bits per heavy atom. The van der Waals surface area contributed by atoms with Gasteiger partial charge in [-0.3, -0.25) is 9.59 Å². The lowest BCUT2D eigenvalue weighted by Gasteiger charge is -2.32. The molecule has 2 aromatic carbocycles. The minimum Gasteiger partial charge on any atom is -0.352 e. The van der Waals surface area contributed by atoms with Crippen LogP contribution < -0.4 is 5.32 Å². The number of amides is 2. The molecule has 2 rings (SSSR count). The summed E-state index contributed by atoms with van der Waals surface area (Å²) in [4.78, 5) is 28.1. The first-order valence-electron chi connectivity index (χ1n) is 10.6. The molecule has 4 nitrogen and oxygen atoms in total. The summed E-state index contributed by atoms with van der Waals surface area (Å²) >= 11 is 0. The van der Waals surface area contributed by atoms with Gasteiger partial charge in [-0.25, -0.2) is 0 Å². The molecule has 2 atom stereocenters. The summed E-state index contributed by atoms with van der Waals surface area (Å²) in [5.74, 6) is -0.0951. The zero-order valence-electron chi connectivity index (χ0n) is 18.4. The lowest BCUT2D eigenvalue weighted by Crippen LogP contribution is -2.51. The molecule has 29 heavy (non-hydrogen) atoms. The van der Waals surface area contributed by atoms with E-state index < -0.39 is 6.04 Å². The predicted octanol–water partition coefficient (Wildman–Crippen LogP) is 4.57. The van der Waals surface area contributed by atoms with E-state index in [1.165, 1.54) is 0 Å². The quantitative estimate of drug-likeness (QED) is 0.677. The fraction of sp³-hybridized carbons (Fsp3) is 0.440. The number of benzene rings is 2. The highest BCUT2D eigenvalue weighted by Gasteiger charge is 2.29. The van der Waals surface area contributed by atoms with Gasteiger partial charge in [0.05, 0.1) is 6.42 Å². The van der Waals surface area contributed by atoms with Crippen LogP contribution in [0.4, 0.5) is 0 Å². The van der Waals surface area contributed by atoms with Crippen molar-refractivity contribution in [3.05, 3.63) is 70.8 Å². The summed E-state index contributed by atoms with van der Waals surface area (Å²) in [6, 6.07) is 15.6. The van der Waals surface area contributed by atoms with E-state index in [1.807, 2.05) is 83.1 Å². The van der Waals surface area contributed by atoms with Crippen molar-refractivity contribution in [2.75, 3.05) is 0 Å². The molecule has 0 aliphatic heterocycles. The average Bonchev–Trinajstić information content (AvgIpc) is 2.70. The van der Waals surface area contributed by atoms with E-state index >= 15 is 0 Å². The molecular weight excluding hydrogens is 360 g/mol. The molecule has 0 spiro atoms. The molecule has 4 heteroatoms. The Kier molecular flexibility index (Phi) is 8.44. The molecule has 0 unspecified atom stereocenters. The number of nitrogens with zero attached hydrogens (tertiary/aromatic N) is 1. The Hall–Kier alpha value is -2.62.